The van der Waals surface area contributed by atoms with Gasteiger partial charge in [0.15, 0.2) is 11.5 Å². The number of hydrogen-bond acceptors (Lipinski definition) is 6. The molecular formula is C18H15NO6S. The van der Waals surface area contributed by atoms with Crippen LogP contribution in [0.25, 0.3) is 10.9 Å². The number of nitrogens with one attached hydrogen (secondary N) is 1. The third kappa shape index (κ3) is 2.59. The second-order valence-corrected chi connectivity index (χ2v) is 7.62. The van der Waals surface area contributed by atoms with E-state index in [1.54, 1.807) is 6.07 Å². The minimum atomic E-state index is -3.98. The second-order valence-electron chi connectivity index (χ2n) is 5.70. The first-order chi connectivity index (χ1) is 12.5. The number of sulfone groups is 1. The van der Waals surface area contributed by atoms with E-state index in [1.807, 2.05) is 0 Å². The molecule has 0 unspecified atom stereocenters. The lowest BCUT2D eigenvalue weighted by atomic mass is 10.2. The summed E-state index contributed by atoms with van der Waals surface area (Å²) < 4.78 is 41.7. The molecule has 0 bridgehead atoms. The number of ether oxygens (including phenoxy) is 3. The summed E-state index contributed by atoms with van der Waals surface area (Å²) in [6.45, 7) is 0.799. The number of aromatic nitrogens is 1. The van der Waals surface area contributed by atoms with Crippen LogP contribution in [-0.2, 0) is 9.84 Å². The SMILES string of the molecule is COc1ccc(S(=O)(=O)c2c[nH]c3cc4c(cc3c2=O)OCCO4)cc1. The standard InChI is InChI=1S/C18H15NO6S/c1-23-11-2-4-12(5-3-11)26(21,22)17-10-19-14-9-16-15(24-6-7-25-16)8-13(14)18(17)20/h2-5,8-10H,6-7H2,1H3,(H,19,20). The minimum absolute atomic E-state index is 0.0145. The Hall–Kier alpha value is -3.00. The molecule has 0 saturated heterocycles. The topological polar surface area (TPSA) is 94.7 Å². The second kappa shape index (κ2) is 6.06. The highest BCUT2D eigenvalue weighted by Gasteiger charge is 2.24. The Labute approximate surface area is 149 Å². The number of rotatable bonds is 3. The van der Waals surface area contributed by atoms with Crippen molar-refractivity contribution in [3.05, 3.63) is 52.8 Å². The molecule has 1 aromatic heterocycles. The van der Waals surface area contributed by atoms with Gasteiger partial charge < -0.3 is 19.2 Å². The molecule has 2 aromatic carbocycles. The van der Waals surface area contributed by atoms with Crippen LogP contribution < -0.4 is 19.6 Å². The number of H-pyrrole nitrogens is 1. The van der Waals surface area contributed by atoms with Crippen molar-refractivity contribution in [3.63, 3.8) is 0 Å². The van der Waals surface area contributed by atoms with Gasteiger partial charge in [0.25, 0.3) is 0 Å². The molecule has 7 nitrogen and oxygen atoms in total. The Balaban J connectivity index is 1.88. The summed E-state index contributed by atoms with van der Waals surface area (Å²) >= 11 is 0. The Bertz CT molecular complexity index is 1150. The molecule has 134 valence electrons. The third-order valence-corrected chi connectivity index (χ3v) is 5.94. The molecule has 3 aromatic rings. The van der Waals surface area contributed by atoms with E-state index in [4.69, 9.17) is 14.2 Å². The molecule has 0 amide bonds. The zero-order chi connectivity index (χ0) is 18.3. The third-order valence-electron chi connectivity index (χ3n) is 4.17. The number of methoxy groups -OCH3 is 1. The van der Waals surface area contributed by atoms with Crippen molar-refractivity contribution >= 4 is 20.7 Å². The molecule has 0 radical (unpaired) electrons. The van der Waals surface area contributed by atoms with Crippen molar-refractivity contribution in [2.45, 2.75) is 9.79 Å². The lowest BCUT2D eigenvalue weighted by molar-refractivity contribution is 0.172. The van der Waals surface area contributed by atoms with Crippen molar-refractivity contribution < 1.29 is 22.6 Å². The summed E-state index contributed by atoms with van der Waals surface area (Å²) in [4.78, 5) is 15.4. The van der Waals surface area contributed by atoms with Crippen molar-refractivity contribution in [1.82, 2.24) is 4.98 Å². The molecule has 0 spiro atoms. The van der Waals surface area contributed by atoms with E-state index in [0.717, 1.165) is 0 Å². The van der Waals surface area contributed by atoms with Crippen LogP contribution in [0.4, 0.5) is 0 Å². The molecule has 0 aliphatic carbocycles. The normalized spacial score (nSPS) is 13.6. The molecule has 26 heavy (non-hydrogen) atoms. The number of hydrogen-bond donors (Lipinski definition) is 1. The average molecular weight is 373 g/mol. The van der Waals surface area contributed by atoms with Gasteiger partial charge >= 0.3 is 0 Å². The fourth-order valence-electron chi connectivity index (χ4n) is 2.82. The van der Waals surface area contributed by atoms with Gasteiger partial charge in [-0.2, -0.15) is 0 Å². The Morgan fingerprint density at radius 3 is 2.35 bits per heavy atom. The van der Waals surface area contributed by atoms with Gasteiger partial charge in [0, 0.05) is 12.3 Å². The zero-order valence-corrected chi connectivity index (χ0v) is 14.6. The van der Waals surface area contributed by atoms with E-state index in [2.05, 4.69) is 4.98 Å². The summed E-state index contributed by atoms with van der Waals surface area (Å²) in [6.07, 6.45) is 1.21. The highest BCUT2D eigenvalue weighted by Crippen LogP contribution is 2.33. The van der Waals surface area contributed by atoms with E-state index in [-0.39, 0.29) is 15.2 Å². The molecule has 1 aliphatic heterocycles. The number of aromatic amines is 1. The first-order valence-electron chi connectivity index (χ1n) is 7.85. The first-order valence-corrected chi connectivity index (χ1v) is 9.33. The first kappa shape index (κ1) is 16.5. The summed E-state index contributed by atoms with van der Waals surface area (Å²) in [5.41, 5.74) is -0.112. The van der Waals surface area contributed by atoms with Gasteiger partial charge in [-0.15, -0.1) is 0 Å². The Morgan fingerprint density at radius 2 is 1.69 bits per heavy atom. The van der Waals surface area contributed by atoms with Gasteiger partial charge in [0.05, 0.1) is 22.9 Å². The molecule has 1 N–H and O–H groups in total. The van der Waals surface area contributed by atoms with E-state index < -0.39 is 15.3 Å². The quantitative estimate of drug-likeness (QED) is 0.756. The van der Waals surface area contributed by atoms with Crippen molar-refractivity contribution in [1.29, 1.82) is 0 Å². The summed E-state index contributed by atoms with van der Waals surface area (Å²) in [5.74, 6) is 1.47. The van der Waals surface area contributed by atoms with E-state index in [0.29, 0.717) is 36.0 Å². The smallest absolute Gasteiger partial charge is 0.211 e. The maximum absolute atomic E-state index is 12.9. The van der Waals surface area contributed by atoms with E-state index in [1.165, 1.54) is 43.6 Å². The predicted octanol–water partition coefficient (Wildman–Crippen LogP) is 2.14. The fourth-order valence-corrected chi connectivity index (χ4v) is 4.14. The minimum Gasteiger partial charge on any atom is -0.497 e. The van der Waals surface area contributed by atoms with Crippen LogP contribution in [0.3, 0.4) is 0 Å². The predicted molar refractivity (Wildman–Crippen MR) is 94.0 cm³/mol. The number of pyridine rings is 1. The molecule has 0 atom stereocenters. The van der Waals surface area contributed by atoms with Gasteiger partial charge in [0.2, 0.25) is 15.3 Å². The molecular weight excluding hydrogens is 358 g/mol. The molecule has 0 saturated carbocycles. The highest BCUT2D eigenvalue weighted by molar-refractivity contribution is 7.91. The van der Waals surface area contributed by atoms with E-state index in [9.17, 15) is 13.2 Å². The molecule has 2 heterocycles. The highest BCUT2D eigenvalue weighted by atomic mass is 32.2. The van der Waals surface area contributed by atoms with Gasteiger partial charge in [-0.25, -0.2) is 8.42 Å². The lowest BCUT2D eigenvalue weighted by Gasteiger charge is -2.18. The van der Waals surface area contributed by atoms with Gasteiger partial charge in [-0.1, -0.05) is 0 Å². The van der Waals surface area contributed by atoms with Crippen molar-refractivity contribution in [3.8, 4) is 17.2 Å². The Morgan fingerprint density at radius 1 is 1.04 bits per heavy atom. The summed E-state index contributed by atoms with van der Waals surface area (Å²) in [7, 11) is -2.49. The molecule has 8 heteroatoms. The Kier molecular flexibility index (Phi) is 3.84. The largest absolute Gasteiger partial charge is 0.497 e. The van der Waals surface area contributed by atoms with Crippen LogP contribution in [-0.4, -0.2) is 33.7 Å². The van der Waals surface area contributed by atoms with Crippen LogP contribution in [0.2, 0.25) is 0 Å². The van der Waals surface area contributed by atoms with Gasteiger partial charge in [-0.05, 0) is 30.3 Å². The maximum Gasteiger partial charge on any atom is 0.211 e. The molecule has 4 rings (SSSR count). The van der Waals surface area contributed by atoms with Crippen LogP contribution in [0.5, 0.6) is 17.2 Å². The fraction of sp³-hybridized carbons (Fsp3) is 0.167. The maximum atomic E-state index is 12.9. The van der Waals surface area contributed by atoms with Crippen molar-refractivity contribution in [2.75, 3.05) is 20.3 Å². The summed E-state index contributed by atoms with van der Waals surface area (Å²) in [5, 5.41) is 0.226. The number of benzene rings is 2. The number of fused-ring (bicyclic) bond motifs is 2. The zero-order valence-electron chi connectivity index (χ0n) is 13.8. The summed E-state index contributed by atoms with van der Waals surface area (Å²) in [6, 6.07) is 9.02. The van der Waals surface area contributed by atoms with Crippen molar-refractivity contribution in [2.24, 2.45) is 0 Å². The van der Waals surface area contributed by atoms with Gasteiger partial charge in [0.1, 0.15) is 23.9 Å². The van der Waals surface area contributed by atoms with Gasteiger partial charge in [-0.3, -0.25) is 4.79 Å². The molecule has 0 fully saturated rings. The van der Waals surface area contributed by atoms with E-state index >= 15 is 0 Å². The lowest BCUT2D eigenvalue weighted by Crippen LogP contribution is -2.18. The average Bonchev–Trinajstić information content (AvgIpc) is 2.67. The van der Waals surface area contributed by atoms with Crippen LogP contribution in [0.15, 0.2) is 57.2 Å². The van der Waals surface area contributed by atoms with Crippen LogP contribution in [0, 0.1) is 0 Å². The molecule has 1 aliphatic rings. The van der Waals surface area contributed by atoms with Crippen LogP contribution in [0.1, 0.15) is 0 Å². The van der Waals surface area contributed by atoms with Crippen LogP contribution >= 0.6 is 0 Å². The monoisotopic (exact) mass is 373 g/mol.